The Morgan fingerprint density at radius 2 is 2.29 bits per heavy atom. The first-order valence-electron chi connectivity index (χ1n) is 6.67. The maximum atomic E-state index is 12.2. The molecule has 0 aliphatic carbocycles. The van der Waals surface area contributed by atoms with Crippen molar-refractivity contribution in [2.75, 3.05) is 13.7 Å². The molecule has 1 fully saturated rings. The number of methoxy groups -OCH3 is 1. The number of hydrogen-bond acceptors (Lipinski definition) is 4. The topological polar surface area (TPSA) is 80.3 Å². The Balaban J connectivity index is 1.80. The number of carbonyl (C=O) groups excluding carboxylic acids is 2. The van der Waals surface area contributed by atoms with Gasteiger partial charge in [-0.15, -0.1) is 0 Å². The number of hydrogen-bond donors (Lipinski definition) is 2. The van der Waals surface area contributed by atoms with Crippen LogP contribution in [0.25, 0.3) is 10.9 Å². The summed E-state index contributed by atoms with van der Waals surface area (Å²) in [6.07, 6.45) is 1.85. The van der Waals surface area contributed by atoms with Crippen LogP contribution in [0.2, 0.25) is 0 Å². The number of nitrogens with zero attached hydrogens (tertiary/aromatic N) is 1. The second-order valence-corrected chi connectivity index (χ2v) is 4.96. The summed E-state index contributed by atoms with van der Waals surface area (Å²) in [6, 6.07) is 7.12. The molecule has 6 nitrogen and oxygen atoms in total. The summed E-state index contributed by atoms with van der Waals surface area (Å²) in [5.74, 6) is 0.466. The van der Waals surface area contributed by atoms with E-state index in [1.54, 1.807) is 13.2 Å². The lowest BCUT2D eigenvalue weighted by atomic mass is 10.1. The molecule has 0 spiro atoms. The zero-order valence-corrected chi connectivity index (χ0v) is 11.6. The lowest BCUT2D eigenvalue weighted by Crippen LogP contribution is -2.36. The van der Waals surface area contributed by atoms with Crippen molar-refractivity contribution in [3.05, 3.63) is 36.0 Å². The maximum absolute atomic E-state index is 12.2. The summed E-state index contributed by atoms with van der Waals surface area (Å²) >= 11 is 0. The van der Waals surface area contributed by atoms with Gasteiger partial charge in [-0.2, -0.15) is 0 Å². The van der Waals surface area contributed by atoms with Gasteiger partial charge in [-0.1, -0.05) is 0 Å². The Bertz CT molecular complexity index is 714. The molecular weight excluding hydrogens is 270 g/mol. The second kappa shape index (κ2) is 5.40. The van der Waals surface area contributed by atoms with E-state index in [-0.39, 0.29) is 17.9 Å². The quantitative estimate of drug-likeness (QED) is 0.876. The van der Waals surface area contributed by atoms with Crippen molar-refractivity contribution in [2.24, 2.45) is 0 Å². The number of ether oxygens (including phenoxy) is 1. The third kappa shape index (κ3) is 2.79. The van der Waals surface area contributed by atoms with Gasteiger partial charge in [0.2, 0.25) is 5.91 Å². The van der Waals surface area contributed by atoms with Crippen molar-refractivity contribution >= 4 is 22.7 Å². The summed E-state index contributed by atoms with van der Waals surface area (Å²) in [6.45, 7) is 0.475. The molecular formula is C15H15N3O3. The van der Waals surface area contributed by atoms with Gasteiger partial charge in [0.25, 0.3) is 5.91 Å². The van der Waals surface area contributed by atoms with Crippen LogP contribution in [-0.2, 0) is 4.79 Å². The molecule has 1 aromatic heterocycles. The molecule has 1 atom stereocenters. The predicted molar refractivity (Wildman–Crippen MR) is 77.2 cm³/mol. The van der Waals surface area contributed by atoms with Crippen LogP contribution in [0.5, 0.6) is 5.75 Å². The molecule has 3 rings (SSSR count). The van der Waals surface area contributed by atoms with Gasteiger partial charge in [0.15, 0.2) is 0 Å². The Hall–Kier alpha value is -2.63. The van der Waals surface area contributed by atoms with Crippen molar-refractivity contribution < 1.29 is 14.3 Å². The minimum Gasteiger partial charge on any atom is -0.497 e. The van der Waals surface area contributed by atoms with Crippen molar-refractivity contribution in [3.63, 3.8) is 0 Å². The van der Waals surface area contributed by atoms with E-state index in [0.717, 1.165) is 16.7 Å². The van der Waals surface area contributed by atoms with E-state index in [9.17, 15) is 9.59 Å². The summed E-state index contributed by atoms with van der Waals surface area (Å²) in [5, 5.41) is 6.38. The fourth-order valence-electron chi connectivity index (χ4n) is 2.33. The molecule has 0 saturated carbocycles. The summed E-state index contributed by atoms with van der Waals surface area (Å²) in [4.78, 5) is 27.6. The van der Waals surface area contributed by atoms with Crippen LogP contribution >= 0.6 is 0 Å². The van der Waals surface area contributed by atoms with E-state index in [0.29, 0.717) is 18.5 Å². The Labute approximate surface area is 121 Å². The van der Waals surface area contributed by atoms with Crippen LogP contribution in [0.15, 0.2) is 30.5 Å². The molecule has 1 saturated heterocycles. The fourth-order valence-corrected chi connectivity index (χ4v) is 2.33. The van der Waals surface area contributed by atoms with Gasteiger partial charge in [0, 0.05) is 30.6 Å². The van der Waals surface area contributed by atoms with Crippen LogP contribution < -0.4 is 15.4 Å². The summed E-state index contributed by atoms with van der Waals surface area (Å²) in [5.41, 5.74) is 1.25. The first-order valence-corrected chi connectivity index (χ1v) is 6.67. The Kier molecular flexibility index (Phi) is 3.43. The number of carbonyl (C=O) groups is 2. The van der Waals surface area contributed by atoms with E-state index in [1.165, 1.54) is 6.20 Å². The lowest BCUT2D eigenvalue weighted by molar-refractivity contribution is -0.119. The van der Waals surface area contributed by atoms with Crippen molar-refractivity contribution in [1.29, 1.82) is 0 Å². The fraction of sp³-hybridized carbons (Fsp3) is 0.267. The molecule has 2 aromatic rings. The van der Waals surface area contributed by atoms with Crippen LogP contribution in [0, 0.1) is 0 Å². The third-order valence-electron chi connectivity index (χ3n) is 3.47. The molecule has 6 heteroatoms. The van der Waals surface area contributed by atoms with Crippen molar-refractivity contribution in [1.82, 2.24) is 15.6 Å². The van der Waals surface area contributed by atoms with Gasteiger partial charge < -0.3 is 15.4 Å². The number of rotatable bonds is 3. The van der Waals surface area contributed by atoms with Crippen LogP contribution in [0.4, 0.5) is 0 Å². The van der Waals surface area contributed by atoms with Crippen LogP contribution in [0.1, 0.15) is 16.8 Å². The minimum absolute atomic E-state index is 0.0379. The van der Waals surface area contributed by atoms with E-state index in [1.807, 2.05) is 18.2 Å². The average molecular weight is 285 g/mol. The highest BCUT2D eigenvalue weighted by molar-refractivity contribution is 5.98. The van der Waals surface area contributed by atoms with Gasteiger partial charge in [-0.05, 0) is 18.2 Å². The smallest absolute Gasteiger partial charge is 0.253 e. The Morgan fingerprint density at radius 1 is 1.43 bits per heavy atom. The number of pyridine rings is 1. The van der Waals surface area contributed by atoms with E-state index in [4.69, 9.17) is 4.74 Å². The number of amides is 2. The van der Waals surface area contributed by atoms with Gasteiger partial charge in [-0.3, -0.25) is 14.6 Å². The lowest BCUT2D eigenvalue weighted by Gasteiger charge is -2.10. The molecule has 0 radical (unpaired) electrons. The zero-order chi connectivity index (χ0) is 14.8. The van der Waals surface area contributed by atoms with Gasteiger partial charge in [0.1, 0.15) is 5.75 Å². The average Bonchev–Trinajstić information content (AvgIpc) is 2.91. The molecule has 2 N–H and O–H groups in total. The largest absolute Gasteiger partial charge is 0.497 e. The minimum atomic E-state index is -0.221. The number of benzene rings is 1. The van der Waals surface area contributed by atoms with Gasteiger partial charge in [0.05, 0.1) is 24.2 Å². The highest BCUT2D eigenvalue weighted by atomic mass is 16.5. The monoisotopic (exact) mass is 285 g/mol. The zero-order valence-electron chi connectivity index (χ0n) is 11.6. The first kappa shape index (κ1) is 13.4. The van der Waals surface area contributed by atoms with Crippen LogP contribution in [0.3, 0.4) is 0 Å². The molecule has 108 valence electrons. The summed E-state index contributed by atoms with van der Waals surface area (Å²) in [7, 11) is 1.60. The van der Waals surface area contributed by atoms with Crippen molar-refractivity contribution in [3.8, 4) is 5.75 Å². The SMILES string of the molecule is COc1ccc2cc(C(=O)N[C@@H]3CNC(=O)C3)cnc2c1. The third-order valence-corrected chi connectivity index (χ3v) is 3.47. The van der Waals surface area contributed by atoms with Crippen LogP contribution in [-0.4, -0.2) is 36.5 Å². The first-order chi connectivity index (χ1) is 10.2. The number of nitrogens with one attached hydrogen (secondary N) is 2. The summed E-state index contributed by atoms with van der Waals surface area (Å²) < 4.78 is 5.14. The molecule has 1 aromatic carbocycles. The maximum Gasteiger partial charge on any atom is 0.253 e. The molecule has 0 unspecified atom stereocenters. The number of fused-ring (bicyclic) bond motifs is 1. The Morgan fingerprint density at radius 3 is 3.00 bits per heavy atom. The van der Waals surface area contributed by atoms with Crippen molar-refractivity contribution in [2.45, 2.75) is 12.5 Å². The molecule has 1 aliphatic heterocycles. The molecule has 21 heavy (non-hydrogen) atoms. The van der Waals surface area contributed by atoms with E-state index in [2.05, 4.69) is 15.6 Å². The molecule has 2 heterocycles. The highest BCUT2D eigenvalue weighted by Gasteiger charge is 2.23. The number of aromatic nitrogens is 1. The van der Waals surface area contributed by atoms with E-state index < -0.39 is 0 Å². The van der Waals surface area contributed by atoms with Gasteiger partial charge in [-0.25, -0.2) is 0 Å². The molecule has 0 bridgehead atoms. The normalized spacial score (nSPS) is 17.6. The molecule has 2 amide bonds. The highest BCUT2D eigenvalue weighted by Crippen LogP contribution is 2.19. The predicted octanol–water partition coefficient (Wildman–Crippen LogP) is 0.862. The molecule has 1 aliphatic rings. The standard InChI is InChI=1S/C15H15N3O3/c1-21-12-3-2-9-4-10(7-16-13(9)6-12)15(20)18-11-5-14(19)17-8-11/h2-4,6-7,11H,5,8H2,1H3,(H,17,19)(H,18,20)/t11-/m0/s1. The van der Waals surface area contributed by atoms with E-state index >= 15 is 0 Å². The second-order valence-electron chi connectivity index (χ2n) is 4.96. The van der Waals surface area contributed by atoms with Gasteiger partial charge >= 0.3 is 0 Å².